The van der Waals surface area contributed by atoms with Gasteiger partial charge in [0.1, 0.15) is 13.2 Å². The van der Waals surface area contributed by atoms with Crippen LogP contribution < -0.4 is 14.8 Å². The minimum Gasteiger partial charge on any atom is -0.486 e. The number of hydrogen-bond acceptors (Lipinski definition) is 3. The van der Waals surface area contributed by atoms with E-state index >= 15 is 0 Å². The molecule has 3 nitrogen and oxygen atoms in total. The van der Waals surface area contributed by atoms with E-state index in [0.717, 1.165) is 18.0 Å². The number of hydrogen-bond donors (Lipinski definition) is 1. The van der Waals surface area contributed by atoms with Crippen molar-refractivity contribution in [3.05, 3.63) is 47.5 Å². The molecule has 0 saturated carbocycles. The van der Waals surface area contributed by atoms with Gasteiger partial charge in [0, 0.05) is 6.54 Å². The molecule has 0 aromatic heterocycles. The third-order valence-corrected chi connectivity index (χ3v) is 3.52. The predicted octanol–water partition coefficient (Wildman–Crippen LogP) is 3.15. The van der Waals surface area contributed by atoms with Gasteiger partial charge in [0.25, 0.3) is 0 Å². The lowest BCUT2D eigenvalue weighted by atomic mass is 9.98. The lowest BCUT2D eigenvalue weighted by molar-refractivity contribution is 0.171. The van der Waals surface area contributed by atoms with Crippen molar-refractivity contribution in [3.63, 3.8) is 0 Å². The van der Waals surface area contributed by atoms with Crippen molar-refractivity contribution in [1.29, 1.82) is 0 Å². The van der Waals surface area contributed by atoms with Crippen LogP contribution in [0, 0.1) is 6.92 Å². The van der Waals surface area contributed by atoms with Crippen molar-refractivity contribution in [3.8, 4) is 22.6 Å². The summed E-state index contributed by atoms with van der Waals surface area (Å²) >= 11 is 0. The Balaban J connectivity index is 1.96. The molecule has 1 aliphatic heterocycles. The minimum atomic E-state index is 0.622. The second-order valence-electron chi connectivity index (χ2n) is 5.04. The summed E-state index contributed by atoms with van der Waals surface area (Å²) in [5.74, 6) is 1.68. The van der Waals surface area contributed by atoms with Crippen LogP contribution in [0.25, 0.3) is 11.1 Å². The van der Waals surface area contributed by atoms with Crippen LogP contribution in [0.2, 0.25) is 0 Å². The Morgan fingerprint density at radius 2 is 1.80 bits per heavy atom. The molecule has 2 aromatic rings. The fourth-order valence-electron chi connectivity index (χ4n) is 2.57. The summed E-state index contributed by atoms with van der Waals surface area (Å²) in [5, 5.41) is 3.17. The summed E-state index contributed by atoms with van der Waals surface area (Å²) in [6.07, 6.45) is 0. The normalized spacial score (nSPS) is 13.3. The Bertz CT molecular complexity index is 622. The number of ether oxygens (including phenoxy) is 2. The van der Waals surface area contributed by atoms with Crippen LogP contribution in [-0.2, 0) is 6.54 Å². The first-order valence-corrected chi connectivity index (χ1v) is 6.92. The van der Waals surface area contributed by atoms with Gasteiger partial charge in [-0.25, -0.2) is 0 Å². The molecule has 0 saturated heterocycles. The highest BCUT2D eigenvalue weighted by Crippen LogP contribution is 2.35. The highest BCUT2D eigenvalue weighted by molar-refractivity contribution is 5.70. The van der Waals surface area contributed by atoms with Crippen LogP contribution in [0.5, 0.6) is 11.5 Å². The zero-order chi connectivity index (χ0) is 13.9. The second-order valence-corrected chi connectivity index (χ2v) is 5.04. The van der Waals surface area contributed by atoms with E-state index in [1.165, 1.54) is 22.3 Å². The molecule has 0 amide bonds. The number of fused-ring (bicyclic) bond motifs is 1. The van der Waals surface area contributed by atoms with Crippen molar-refractivity contribution >= 4 is 0 Å². The molecule has 0 aliphatic carbocycles. The quantitative estimate of drug-likeness (QED) is 0.928. The summed E-state index contributed by atoms with van der Waals surface area (Å²) < 4.78 is 11.2. The molecule has 3 heteroatoms. The van der Waals surface area contributed by atoms with E-state index in [-0.39, 0.29) is 0 Å². The fraction of sp³-hybridized carbons (Fsp3) is 0.294. The minimum absolute atomic E-state index is 0.622. The molecular formula is C17H19NO2. The Morgan fingerprint density at radius 3 is 2.55 bits per heavy atom. The van der Waals surface area contributed by atoms with Crippen molar-refractivity contribution in [2.75, 3.05) is 20.3 Å². The van der Waals surface area contributed by atoms with Gasteiger partial charge in [-0.2, -0.15) is 0 Å². The molecule has 2 aromatic carbocycles. The number of rotatable bonds is 3. The molecule has 20 heavy (non-hydrogen) atoms. The lowest BCUT2D eigenvalue weighted by Gasteiger charge is -2.19. The highest BCUT2D eigenvalue weighted by Gasteiger charge is 2.13. The van der Waals surface area contributed by atoms with Gasteiger partial charge in [0.2, 0.25) is 0 Å². The van der Waals surface area contributed by atoms with Gasteiger partial charge in [0.05, 0.1) is 0 Å². The van der Waals surface area contributed by atoms with Crippen LogP contribution in [-0.4, -0.2) is 20.3 Å². The van der Waals surface area contributed by atoms with Gasteiger partial charge in [-0.3, -0.25) is 0 Å². The Hall–Kier alpha value is -2.00. The predicted molar refractivity (Wildman–Crippen MR) is 80.4 cm³/mol. The number of benzene rings is 2. The third kappa shape index (κ3) is 2.49. The van der Waals surface area contributed by atoms with Gasteiger partial charge in [-0.1, -0.05) is 24.3 Å². The van der Waals surface area contributed by atoms with E-state index in [9.17, 15) is 0 Å². The zero-order valence-electron chi connectivity index (χ0n) is 11.9. The van der Waals surface area contributed by atoms with Crippen molar-refractivity contribution in [2.45, 2.75) is 13.5 Å². The monoisotopic (exact) mass is 269 g/mol. The van der Waals surface area contributed by atoms with Crippen LogP contribution >= 0.6 is 0 Å². The van der Waals surface area contributed by atoms with Crippen LogP contribution in [0.3, 0.4) is 0 Å². The van der Waals surface area contributed by atoms with E-state index in [2.05, 4.69) is 42.6 Å². The highest BCUT2D eigenvalue weighted by atomic mass is 16.6. The lowest BCUT2D eigenvalue weighted by Crippen LogP contribution is -2.15. The van der Waals surface area contributed by atoms with E-state index < -0.39 is 0 Å². The first-order valence-electron chi connectivity index (χ1n) is 6.92. The molecule has 104 valence electrons. The standard InChI is InChI=1S/C17H19NO2/c1-12-9-13(11-18-2)3-5-15(12)14-4-6-16-17(10-14)20-8-7-19-16/h3-6,9-10,18H,7-8,11H2,1-2H3. The van der Waals surface area contributed by atoms with Crippen LogP contribution in [0.15, 0.2) is 36.4 Å². The largest absolute Gasteiger partial charge is 0.486 e. The molecule has 0 spiro atoms. The maximum absolute atomic E-state index is 5.65. The molecule has 0 bridgehead atoms. The molecule has 1 heterocycles. The Morgan fingerprint density at radius 1 is 1.00 bits per heavy atom. The fourth-order valence-corrected chi connectivity index (χ4v) is 2.57. The zero-order valence-corrected chi connectivity index (χ0v) is 11.9. The van der Waals surface area contributed by atoms with E-state index in [1.807, 2.05) is 13.1 Å². The average molecular weight is 269 g/mol. The molecule has 0 radical (unpaired) electrons. The number of aryl methyl sites for hydroxylation is 1. The van der Waals surface area contributed by atoms with Crippen molar-refractivity contribution in [2.24, 2.45) is 0 Å². The first kappa shape index (κ1) is 13.0. The molecule has 3 rings (SSSR count). The maximum Gasteiger partial charge on any atom is 0.161 e. The van der Waals surface area contributed by atoms with Gasteiger partial charge in [0.15, 0.2) is 11.5 Å². The van der Waals surface area contributed by atoms with E-state index in [0.29, 0.717) is 13.2 Å². The topological polar surface area (TPSA) is 30.5 Å². The molecule has 0 unspecified atom stereocenters. The first-order chi connectivity index (χ1) is 9.78. The summed E-state index contributed by atoms with van der Waals surface area (Å²) in [4.78, 5) is 0. The van der Waals surface area contributed by atoms with Crippen LogP contribution in [0.1, 0.15) is 11.1 Å². The third-order valence-electron chi connectivity index (χ3n) is 3.52. The van der Waals surface area contributed by atoms with Gasteiger partial charge in [-0.05, 0) is 48.4 Å². The number of nitrogens with one attached hydrogen (secondary N) is 1. The molecule has 0 fully saturated rings. The van der Waals surface area contributed by atoms with Crippen molar-refractivity contribution < 1.29 is 9.47 Å². The average Bonchev–Trinajstić information content (AvgIpc) is 2.47. The summed E-state index contributed by atoms with van der Waals surface area (Å²) in [6.45, 7) is 4.29. The van der Waals surface area contributed by atoms with Crippen molar-refractivity contribution in [1.82, 2.24) is 5.32 Å². The Labute approximate surface area is 119 Å². The molecular weight excluding hydrogens is 250 g/mol. The SMILES string of the molecule is CNCc1ccc(-c2ccc3c(c2)OCCO3)c(C)c1. The summed E-state index contributed by atoms with van der Waals surface area (Å²) in [6, 6.07) is 12.7. The Kier molecular flexibility index (Phi) is 3.61. The van der Waals surface area contributed by atoms with Gasteiger partial charge < -0.3 is 14.8 Å². The maximum atomic E-state index is 5.65. The summed E-state index contributed by atoms with van der Waals surface area (Å²) in [7, 11) is 1.96. The smallest absolute Gasteiger partial charge is 0.161 e. The van der Waals surface area contributed by atoms with E-state index in [1.54, 1.807) is 0 Å². The van der Waals surface area contributed by atoms with Gasteiger partial charge >= 0.3 is 0 Å². The van der Waals surface area contributed by atoms with Gasteiger partial charge in [-0.15, -0.1) is 0 Å². The van der Waals surface area contributed by atoms with Crippen LogP contribution in [0.4, 0.5) is 0 Å². The molecule has 0 atom stereocenters. The van der Waals surface area contributed by atoms with E-state index in [4.69, 9.17) is 9.47 Å². The molecule has 1 N–H and O–H groups in total. The summed E-state index contributed by atoms with van der Waals surface area (Å²) in [5.41, 5.74) is 4.98. The second kappa shape index (κ2) is 5.55. The molecule has 1 aliphatic rings.